The van der Waals surface area contributed by atoms with E-state index in [9.17, 15) is 13.2 Å². The number of rotatable bonds is 8. The minimum atomic E-state index is -3.69. The fraction of sp³-hybridized carbons (Fsp3) is 0.259. The van der Waals surface area contributed by atoms with E-state index in [1.807, 2.05) is 41.6 Å². The third kappa shape index (κ3) is 4.18. The van der Waals surface area contributed by atoms with Gasteiger partial charge in [-0.1, -0.05) is 6.07 Å². The first-order valence-corrected chi connectivity index (χ1v) is 14.3. The van der Waals surface area contributed by atoms with Crippen LogP contribution in [0.25, 0.3) is 28.1 Å². The Morgan fingerprint density at radius 2 is 1.98 bits per heavy atom. The Bertz CT molecular complexity index is 1920. The van der Waals surface area contributed by atoms with Crippen LogP contribution in [0.1, 0.15) is 34.5 Å². The zero-order valence-electron chi connectivity index (χ0n) is 21.8. The topological polar surface area (TPSA) is 147 Å². The lowest BCUT2D eigenvalue weighted by atomic mass is 9.99. The Hall–Kier alpha value is -4.33. The highest BCUT2D eigenvalue weighted by atomic mass is 32.2. The van der Waals surface area contributed by atoms with E-state index in [0.717, 1.165) is 35.2 Å². The summed E-state index contributed by atoms with van der Waals surface area (Å²) in [7, 11) is 0.0223. The van der Waals surface area contributed by atoms with Gasteiger partial charge in [-0.3, -0.25) is 9.20 Å². The van der Waals surface area contributed by atoms with Crippen molar-refractivity contribution in [1.29, 1.82) is 0 Å². The standard InChI is InChI=1S/C27H26N8O4S/c1-34(2)14-19-22(40(37,38)33-15-3-4-15)7-8-23(32-19)31-18-6-5-16(17-11-29-26(36)25(17)18)21-12-28-24-13-30-27-20(35(21)24)9-10-39-27/h5-10,12-13,15,33H,3-4,11,14H2,1-2H3,(H,29,36)(H,31,32). The molecule has 4 aromatic heterocycles. The van der Waals surface area contributed by atoms with Crippen LogP contribution in [-0.2, 0) is 23.1 Å². The lowest BCUT2D eigenvalue weighted by Gasteiger charge is -2.17. The summed E-state index contributed by atoms with van der Waals surface area (Å²) < 4.78 is 36.2. The molecule has 0 saturated heterocycles. The predicted molar refractivity (Wildman–Crippen MR) is 148 cm³/mol. The number of amides is 1. The van der Waals surface area contributed by atoms with E-state index in [1.54, 1.807) is 30.8 Å². The van der Waals surface area contributed by atoms with Crippen molar-refractivity contribution in [2.45, 2.75) is 36.9 Å². The van der Waals surface area contributed by atoms with Crippen molar-refractivity contribution >= 4 is 44.3 Å². The van der Waals surface area contributed by atoms with Gasteiger partial charge in [0.25, 0.3) is 5.91 Å². The number of aromatic nitrogens is 4. The van der Waals surface area contributed by atoms with Crippen molar-refractivity contribution in [3.8, 4) is 11.3 Å². The van der Waals surface area contributed by atoms with E-state index in [1.165, 1.54) is 0 Å². The first-order valence-electron chi connectivity index (χ1n) is 12.9. The summed E-state index contributed by atoms with van der Waals surface area (Å²) in [5, 5.41) is 6.19. The van der Waals surface area contributed by atoms with E-state index in [-0.39, 0.29) is 16.8 Å². The number of fused-ring (bicyclic) bond motifs is 4. The summed E-state index contributed by atoms with van der Waals surface area (Å²) in [6.45, 7) is 0.689. The van der Waals surface area contributed by atoms with E-state index in [4.69, 9.17) is 4.42 Å². The van der Waals surface area contributed by atoms with Crippen molar-refractivity contribution in [3.05, 3.63) is 65.8 Å². The molecule has 40 heavy (non-hydrogen) atoms. The first kappa shape index (κ1) is 24.7. The second-order valence-corrected chi connectivity index (χ2v) is 12.0. The maximum Gasteiger partial charge on any atom is 0.254 e. The average Bonchev–Trinajstić information content (AvgIpc) is 3.27. The van der Waals surface area contributed by atoms with Crippen molar-refractivity contribution < 1.29 is 17.6 Å². The minimum absolute atomic E-state index is 0.0107. The van der Waals surface area contributed by atoms with Gasteiger partial charge in [0.05, 0.1) is 41.3 Å². The number of carbonyl (C=O) groups excluding carboxylic acids is 1. The third-order valence-electron chi connectivity index (χ3n) is 7.04. The van der Waals surface area contributed by atoms with Crippen molar-refractivity contribution in [3.63, 3.8) is 0 Å². The number of hydrogen-bond acceptors (Lipinski definition) is 9. The molecule has 1 aliphatic carbocycles. The fourth-order valence-electron chi connectivity index (χ4n) is 5.11. The SMILES string of the molecule is CN(C)Cc1nc(Nc2ccc(-c3cnc4cnc5occc5n34)c3c2C(=O)NC3)ccc1S(=O)(=O)NC1CC1. The van der Waals surface area contributed by atoms with Gasteiger partial charge in [0.15, 0.2) is 5.65 Å². The molecule has 1 saturated carbocycles. The van der Waals surface area contributed by atoms with E-state index >= 15 is 0 Å². The number of nitrogens with zero attached hydrogens (tertiary/aromatic N) is 5. The number of furan rings is 1. The van der Waals surface area contributed by atoms with Gasteiger partial charge in [-0.05, 0) is 50.7 Å². The van der Waals surface area contributed by atoms with Crippen LogP contribution in [0.2, 0.25) is 0 Å². The molecule has 3 N–H and O–H groups in total. The molecule has 1 fully saturated rings. The molecule has 5 aromatic rings. The molecular formula is C27H26N8O4S. The van der Waals surface area contributed by atoms with Crippen molar-refractivity contribution in [1.82, 2.24) is 34.3 Å². The number of anilines is 2. The van der Waals surface area contributed by atoms with Gasteiger partial charge in [0.2, 0.25) is 15.7 Å². The molecule has 2 aliphatic rings. The van der Waals surface area contributed by atoms with Crippen LogP contribution in [0.4, 0.5) is 11.5 Å². The Labute approximate surface area is 229 Å². The first-order chi connectivity index (χ1) is 19.3. The van der Waals surface area contributed by atoms with E-state index in [2.05, 4.69) is 30.3 Å². The van der Waals surface area contributed by atoms with Crippen LogP contribution in [0.5, 0.6) is 0 Å². The van der Waals surface area contributed by atoms with Crippen molar-refractivity contribution in [2.75, 3.05) is 19.4 Å². The Morgan fingerprint density at radius 1 is 1.12 bits per heavy atom. The van der Waals surface area contributed by atoms with Crippen LogP contribution >= 0.6 is 0 Å². The number of pyridine rings is 1. The molecule has 0 unspecified atom stereocenters. The van der Waals surface area contributed by atoms with Crippen molar-refractivity contribution in [2.24, 2.45) is 0 Å². The Balaban J connectivity index is 1.29. The summed E-state index contributed by atoms with van der Waals surface area (Å²) in [5.74, 6) is 0.238. The van der Waals surface area contributed by atoms with Crippen LogP contribution in [0.3, 0.4) is 0 Å². The normalized spacial score (nSPS) is 15.2. The summed E-state index contributed by atoms with van der Waals surface area (Å²) in [6, 6.07) is 8.79. The van der Waals surface area contributed by atoms with Gasteiger partial charge >= 0.3 is 0 Å². The van der Waals surface area contributed by atoms with Crippen LogP contribution < -0.4 is 15.4 Å². The third-order valence-corrected chi connectivity index (χ3v) is 8.64. The highest BCUT2D eigenvalue weighted by Crippen LogP contribution is 2.36. The molecule has 12 nitrogen and oxygen atoms in total. The number of hydrogen-bond donors (Lipinski definition) is 3. The smallest absolute Gasteiger partial charge is 0.254 e. The van der Waals surface area contributed by atoms with Crippen LogP contribution in [0.15, 0.2) is 58.3 Å². The summed E-state index contributed by atoms with van der Waals surface area (Å²) in [4.78, 5) is 28.5. The highest BCUT2D eigenvalue weighted by molar-refractivity contribution is 7.89. The minimum Gasteiger partial charge on any atom is -0.445 e. The molecular weight excluding hydrogens is 532 g/mol. The molecule has 13 heteroatoms. The van der Waals surface area contributed by atoms with E-state index < -0.39 is 10.0 Å². The molecule has 5 heterocycles. The zero-order chi connectivity index (χ0) is 27.6. The lowest BCUT2D eigenvalue weighted by Crippen LogP contribution is -2.28. The Kier molecular flexibility index (Phi) is 5.63. The van der Waals surface area contributed by atoms with Crippen LogP contribution in [-0.4, -0.2) is 58.7 Å². The second kappa shape index (κ2) is 9.11. The largest absolute Gasteiger partial charge is 0.445 e. The van der Waals surface area contributed by atoms with Gasteiger partial charge < -0.3 is 20.0 Å². The number of nitrogens with one attached hydrogen (secondary N) is 3. The zero-order valence-corrected chi connectivity index (χ0v) is 22.6. The molecule has 1 amide bonds. The molecule has 7 rings (SSSR count). The Morgan fingerprint density at radius 3 is 2.77 bits per heavy atom. The molecule has 0 spiro atoms. The van der Waals surface area contributed by atoms with Gasteiger partial charge in [-0.25, -0.2) is 28.1 Å². The number of sulfonamides is 1. The van der Waals surface area contributed by atoms with Gasteiger partial charge in [0.1, 0.15) is 16.2 Å². The van der Waals surface area contributed by atoms with Crippen LogP contribution in [0, 0.1) is 0 Å². The maximum atomic E-state index is 13.0. The molecule has 0 atom stereocenters. The lowest BCUT2D eigenvalue weighted by molar-refractivity contribution is 0.0966. The fourth-order valence-corrected chi connectivity index (χ4v) is 6.58. The van der Waals surface area contributed by atoms with E-state index in [0.29, 0.717) is 47.2 Å². The number of benzene rings is 1. The van der Waals surface area contributed by atoms with Gasteiger partial charge in [-0.2, -0.15) is 0 Å². The molecule has 204 valence electrons. The average molecular weight is 559 g/mol. The monoisotopic (exact) mass is 558 g/mol. The summed E-state index contributed by atoms with van der Waals surface area (Å²) in [5.41, 5.74) is 5.94. The predicted octanol–water partition coefficient (Wildman–Crippen LogP) is 3.03. The highest BCUT2D eigenvalue weighted by Gasteiger charge is 2.31. The molecule has 0 bridgehead atoms. The maximum absolute atomic E-state index is 13.0. The van der Waals surface area contributed by atoms with Gasteiger partial charge in [-0.15, -0.1) is 0 Å². The second-order valence-electron chi connectivity index (χ2n) is 10.3. The van der Waals surface area contributed by atoms with Gasteiger partial charge in [0, 0.05) is 30.8 Å². The molecule has 1 aliphatic heterocycles. The molecule has 0 radical (unpaired) electrons. The summed E-state index contributed by atoms with van der Waals surface area (Å²) >= 11 is 0. The number of imidazole rings is 1. The summed E-state index contributed by atoms with van der Waals surface area (Å²) in [6.07, 6.45) is 6.68. The quantitative estimate of drug-likeness (QED) is 0.261. The molecule has 1 aromatic carbocycles. The number of carbonyl (C=O) groups is 1.